The summed E-state index contributed by atoms with van der Waals surface area (Å²) in [6.07, 6.45) is -13.0. The number of halogens is 1. The zero-order valence-electron chi connectivity index (χ0n) is 63.0. The van der Waals surface area contributed by atoms with Gasteiger partial charge in [0.15, 0.2) is 41.8 Å². The van der Waals surface area contributed by atoms with Crippen LogP contribution in [0.2, 0.25) is 0 Å². The van der Waals surface area contributed by atoms with Crippen molar-refractivity contribution in [1.29, 1.82) is 0 Å². The van der Waals surface area contributed by atoms with Crippen molar-refractivity contribution in [2.45, 2.75) is 222 Å². The number of hydrogen-bond donors (Lipinski definition) is 10. The fourth-order valence-corrected chi connectivity index (χ4v) is 17.6. The van der Waals surface area contributed by atoms with Crippen LogP contribution in [0.5, 0.6) is 23.0 Å². The average molecular weight is 1700 g/mol. The number of fused-ring (bicyclic) bond motifs is 2. The van der Waals surface area contributed by atoms with Gasteiger partial charge in [-0.15, -0.1) is 0 Å². The number of rotatable bonds is 32. The van der Waals surface area contributed by atoms with E-state index in [1.54, 1.807) is 63.8 Å². The molecule has 109 heavy (non-hydrogen) atoms. The molecule has 17 unspecified atom stereocenters. The Labute approximate surface area is 659 Å². The summed E-state index contributed by atoms with van der Waals surface area (Å²) in [5, 5.41) is 96.1. The fraction of sp³-hybridized carbons (Fsp3) is 0.613. The Morgan fingerprint density at radius 1 is 0.862 bits per heavy atom. The number of carbonyl (C=O) groups is 6. The predicted octanol–water partition coefficient (Wildman–Crippen LogP) is 4.39. The van der Waals surface area contributed by atoms with Crippen molar-refractivity contribution < 1.29 is 127 Å². The minimum Gasteiger partial charge on any atom is -0.494 e. The molecular weight excluding hydrogens is 1600 g/mol. The van der Waals surface area contributed by atoms with Crippen molar-refractivity contribution in [2.75, 3.05) is 60.1 Å². The average Bonchev–Trinajstić information content (AvgIpc) is 0.738. The predicted molar refractivity (Wildman–Crippen MR) is 408 cm³/mol. The van der Waals surface area contributed by atoms with Crippen LogP contribution >= 0.6 is 55.9 Å². The minimum absolute atomic E-state index is 0.00496. The third kappa shape index (κ3) is 22.0. The second-order valence-corrected chi connectivity index (χ2v) is 33.0. The first-order chi connectivity index (χ1) is 51.7. The molecular formula is C75H99IN4O26S3. The molecule has 0 saturated carbocycles. The Morgan fingerprint density at radius 2 is 1.55 bits per heavy atom. The Hall–Kier alpha value is -5.79. The molecule has 10 N–H and O–H groups in total. The summed E-state index contributed by atoms with van der Waals surface area (Å²) in [6.45, 7) is 16.0. The molecule has 2 aromatic carbocycles. The van der Waals surface area contributed by atoms with Crippen molar-refractivity contribution in [3.63, 3.8) is 0 Å². The van der Waals surface area contributed by atoms with Crippen LogP contribution in [0.25, 0.3) is 0 Å². The van der Waals surface area contributed by atoms with Gasteiger partial charge in [0.2, 0.25) is 29.0 Å². The highest BCUT2D eigenvalue weighted by molar-refractivity contribution is 14.1. The van der Waals surface area contributed by atoms with Gasteiger partial charge in [-0.2, -0.15) is 10.6 Å². The fourth-order valence-electron chi connectivity index (χ4n) is 13.5. The number of aliphatic hydroxyl groups excluding tert-OH is 6. The van der Waals surface area contributed by atoms with Crippen LogP contribution in [0.4, 0.5) is 0 Å². The van der Waals surface area contributed by atoms with E-state index in [1.807, 2.05) is 36.4 Å². The summed E-state index contributed by atoms with van der Waals surface area (Å²) < 4.78 is 66.3. The van der Waals surface area contributed by atoms with Gasteiger partial charge in [0.1, 0.15) is 29.8 Å². The number of aliphatic hydroxyl groups is 8. The van der Waals surface area contributed by atoms with Crippen LogP contribution in [0, 0.1) is 46.0 Å². The van der Waals surface area contributed by atoms with Gasteiger partial charge in [-0.3, -0.25) is 28.8 Å². The van der Waals surface area contributed by atoms with Crippen LogP contribution in [-0.2, 0) is 62.0 Å². The van der Waals surface area contributed by atoms with E-state index >= 15 is 0 Å². The molecule has 4 heterocycles. The molecule has 0 spiro atoms. The number of carbonyl (C=O) groups excluding carboxylic acids is 6. The second-order valence-electron chi connectivity index (χ2n) is 27.7. The monoisotopic (exact) mass is 1690 g/mol. The van der Waals surface area contributed by atoms with Crippen molar-refractivity contribution >= 4 is 96.1 Å². The zero-order valence-corrected chi connectivity index (χ0v) is 67.6. The number of ether oxygens (including phenoxy) is 11. The third-order valence-corrected chi connectivity index (χ3v) is 25.1. The molecule has 2 aliphatic carbocycles. The van der Waals surface area contributed by atoms with Gasteiger partial charge in [0.25, 0.3) is 5.79 Å². The largest absolute Gasteiger partial charge is 0.494 e. The lowest BCUT2D eigenvalue weighted by Gasteiger charge is -2.48. The van der Waals surface area contributed by atoms with E-state index in [0.717, 1.165) is 24.4 Å². The van der Waals surface area contributed by atoms with Crippen LogP contribution in [0.15, 0.2) is 64.3 Å². The number of nitrogens with one attached hydrogen (secondary N) is 2. The molecule has 6 aliphatic rings. The van der Waals surface area contributed by atoms with Crippen LogP contribution in [0.1, 0.15) is 129 Å². The number of hydrogen-bond acceptors (Lipinski definition) is 31. The molecule has 600 valence electrons. The SMILES string of the molecule is CCN(C(C)=O)C1COC(OC2C(O[C@@]3(O)C#C/C=C\C#C[C@]4(O)CC(=O)C(CC(=O)OC)=C3/C4=C\CSSC(C)(C)CC(=O)N/N=C(\C)c3ccc(OCCCC(C)=O)cc3)OC(C)C(NOC3CC(O)C(SC(=O)c4c(C)c(I)c(OC5OC(C)C(O)C(CO)C5O)c(OC)c4OC)C(C)O3)C2O)CC1CO. The van der Waals surface area contributed by atoms with Gasteiger partial charge in [-0.05, 0) is 145 Å². The minimum atomic E-state index is -3.07. The van der Waals surface area contributed by atoms with Gasteiger partial charge in [0.05, 0.1) is 117 Å². The molecule has 19 atom stereocenters. The summed E-state index contributed by atoms with van der Waals surface area (Å²) in [5.41, 5.74) is 3.70. The van der Waals surface area contributed by atoms with E-state index in [-0.39, 0.29) is 83.8 Å². The first kappa shape index (κ1) is 88.8. The summed E-state index contributed by atoms with van der Waals surface area (Å²) in [7, 11) is 6.28. The first-order valence-corrected chi connectivity index (χ1v) is 39.9. The molecule has 2 amide bonds. The quantitative estimate of drug-likeness (QED) is 0.00709. The number of Topliss-reactive ketones (excluding diaryl/α,β-unsaturated/α-hetero) is 2. The number of amides is 2. The topological polar surface area (TPSA) is 415 Å². The highest BCUT2D eigenvalue weighted by Gasteiger charge is 2.56. The molecule has 30 nitrogen and oxygen atoms in total. The molecule has 0 aromatic heterocycles. The molecule has 0 radical (unpaired) electrons. The highest BCUT2D eigenvalue weighted by Crippen LogP contribution is 2.50. The normalized spacial score (nSPS) is 31.2. The number of allylic oxidation sites excluding steroid dienone is 2. The van der Waals surface area contributed by atoms with Gasteiger partial charge in [-0.25, -0.2) is 5.43 Å². The van der Waals surface area contributed by atoms with E-state index in [0.29, 0.717) is 40.0 Å². The van der Waals surface area contributed by atoms with E-state index in [1.165, 1.54) is 74.8 Å². The number of esters is 1. The maximum absolute atomic E-state index is 14.6. The Morgan fingerprint density at radius 3 is 2.18 bits per heavy atom. The van der Waals surface area contributed by atoms with Gasteiger partial charge in [-0.1, -0.05) is 57.2 Å². The van der Waals surface area contributed by atoms with Crippen molar-refractivity contribution in [3.05, 3.63) is 79.5 Å². The van der Waals surface area contributed by atoms with Gasteiger partial charge in [0, 0.05) is 84.8 Å². The zero-order chi connectivity index (χ0) is 80.0. The first-order valence-electron chi connectivity index (χ1n) is 35.6. The lowest BCUT2D eigenvalue weighted by Crippen LogP contribution is -2.66. The number of hydroxylamine groups is 1. The van der Waals surface area contributed by atoms with Gasteiger partial charge < -0.3 is 103 Å². The van der Waals surface area contributed by atoms with Crippen molar-refractivity contribution in [2.24, 2.45) is 16.9 Å². The molecule has 34 heteroatoms. The number of ketones is 2. The Bertz CT molecular complexity index is 3850. The summed E-state index contributed by atoms with van der Waals surface area (Å²) >= 11 is 2.72. The summed E-state index contributed by atoms with van der Waals surface area (Å²) in [6, 6.07) is 5.24. The van der Waals surface area contributed by atoms with Crippen LogP contribution in [-0.4, -0.2) is 253 Å². The molecule has 4 aliphatic heterocycles. The number of benzene rings is 2. The van der Waals surface area contributed by atoms with Crippen LogP contribution < -0.4 is 29.9 Å². The van der Waals surface area contributed by atoms with Crippen molar-refractivity contribution in [3.8, 4) is 46.7 Å². The van der Waals surface area contributed by atoms with E-state index < -0.39 is 174 Å². The highest BCUT2D eigenvalue weighted by atomic mass is 127. The molecule has 4 fully saturated rings. The third-order valence-electron chi connectivity index (χ3n) is 19.3. The molecule has 2 aromatic rings. The molecule has 2 bridgehead atoms. The lowest BCUT2D eigenvalue weighted by molar-refractivity contribution is -0.360. The maximum Gasteiger partial charge on any atom is 0.310 e. The van der Waals surface area contributed by atoms with Gasteiger partial charge >= 0.3 is 5.97 Å². The van der Waals surface area contributed by atoms with E-state index in [9.17, 15) is 69.6 Å². The maximum atomic E-state index is 14.6. The number of likely N-dealkylation sites (N-methyl/N-ethyl adjacent to an activating group) is 1. The molecule has 4 saturated heterocycles. The molecule has 8 rings (SSSR count). The van der Waals surface area contributed by atoms with Crippen molar-refractivity contribution in [1.82, 2.24) is 15.8 Å². The smallest absolute Gasteiger partial charge is 0.310 e. The number of hydrazone groups is 1. The van der Waals surface area contributed by atoms with E-state index in [4.69, 9.17) is 56.9 Å². The number of thioether (sulfide) groups is 1. The summed E-state index contributed by atoms with van der Waals surface area (Å²) in [4.78, 5) is 87.8. The number of methoxy groups -OCH3 is 3. The van der Waals surface area contributed by atoms with Crippen LogP contribution in [0.3, 0.4) is 0 Å². The Balaban J connectivity index is 1.03. The lowest BCUT2D eigenvalue weighted by atomic mass is 9.71. The summed E-state index contributed by atoms with van der Waals surface area (Å²) in [5.74, 6) is 4.38. The number of nitrogens with zero attached hydrogens (tertiary/aromatic N) is 2. The second kappa shape index (κ2) is 39.8. The Kier molecular flexibility index (Phi) is 32.4. The standard InChI is InChI=1S/C75H99IN4O26S3/c1-14-80(44(8)84)51-37-99-56(30-46(51)35-81)103-67-64(91)61(79-106-57-32-52(85)69(43(7)100-57)108-70(92)58-39(3)60(76)66(68(97-13)65(58)96-12)104-71-63(90)49(36-82)62(89)42(6)102-71)41(5)101-72(67)105-75(94)27-18-16-15-17-26-74(93)33-53(86)48(31-55(88)95-11)59(75)50(74)25-29-107-109-73(9,10)34-54(87)78-77-40(4)45-21-23-47(24-22-45)98-28-19-20-38(2)83/h15-16,21-25,41-43,46,49,51-52,56-57,61-64,67,69,71-72,79,81-82,85,89-91,93-94H,14,19-20,28-37H2,1-13H3,(H,78,87)/b16-15-,50-25+,77-40+/t41?,42?,43?,46?,49?,51?,52?,56?,57?,61?,62?,63?,64?,67?,69?,71?,72?,74-,75-/m0/s1. The van der Waals surface area contributed by atoms with E-state index in [2.05, 4.69) is 39.7 Å².